The largest absolute Gasteiger partial charge is 0.366 e. The zero-order valence-electron chi connectivity index (χ0n) is 9.05. The first-order valence-electron chi connectivity index (χ1n) is 5.06. The van der Waals surface area contributed by atoms with Crippen LogP contribution in [-0.2, 0) is 6.54 Å². The van der Waals surface area contributed by atoms with Gasteiger partial charge in [-0.25, -0.2) is 18.2 Å². The number of nitrogens with one attached hydrogen (secondary N) is 1. The van der Waals surface area contributed by atoms with E-state index in [-0.39, 0.29) is 17.3 Å². The minimum Gasteiger partial charge on any atom is -0.366 e. The van der Waals surface area contributed by atoms with Crippen LogP contribution >= 0.6 is 11.6 Å². The zero-order valence-corrected chi connectivity index (χ0v) is 9.81. The van der Waals surface area contributed by atoms with Crippen LogP contribution in [-0.4, -0.2) is 4.98 Å². The van der Waals surface area contributed by atoms with Crippen molar-refractivity contribution in [3.8, 4) is 0 Å². The maximum atomic E-state index is 13.3. The van der Waals surface area contributed by atoms with Gasteiger partial charge in [0.25, 0.3) is 0 Å². The monoisotopic (exact) mass is 272 g/mol. The first-order chi connectivity index (χ1) is 8.56. The zero-order chi connectivity index (χ0) is 13.1. The van der Waals surface area contributed by atoms with Crippen LogP contribution in [0.3, 0.4) is 0 Å². The minimum atomic E-state index is -1.21. The van der Waals surface area contributed by atoms with Gasteiger partial charge in [0.2, 0.25) is 0 Å². The van der Waals surface area contributed by atoms with Crippen molar-refractivity contribution in [1.82, 2.24) is 4.98 Å². The summed E-state index contributed by atoms with van der Waals surface area (Å²) in [6.45, 7) is -0.0175. The maximum Gasteiger partial charge on any atom is 0.161 e. The Morgan fingerprint density at radius 1 is 1.06 bits per heavy atom. The molecule has 0 amide bonds. The van der Waals surface area contributed by atoms with Gasteiger partial charge in [-0.15, -0.1) is 0 Å². The fourth-order valence-corrected chi connectivity index (χ4v) is 1.56. The van der Waals surface area contributed by atoms with Crippen LogP contribution in [0, 0.1) is 17.5 Å². The first kappa shape index (κ1) is 12.7. The molecule has 18 heavy (non-hydrogen) atoms. The molecule has 0 bridgehead atoms. The van der Waals surface area contributed by atoms with Crippen LogP contribution in [0.2, 0.25) is 5.15 Å². The van der Waals surface area contributed by atoms with E-state index in [4.69, 9.17) is 11.6 Å². The number of hydrogen-bond acceptors (Lipinski definition) is 2. The summed E-state index contributed by atoms with van der Waals surface area (Å²) in [6, 6.07) is 6.20. The van der Waals surface area contributed by atoms with Crippen molar-refractivity contribution in [3.05, 3.63) is 58.5 Å². The molecule has 0 fully saturated rings. The molecule has 0 aliphatic carbocycles. The Kier molecular flexibility index (Phi) is 3.72. The number of aromatic nitrogens is 1. The molecule has 0 unspecified atom stereocenters. The van der Waals surface area contributed by atoms with E-state index in [9.17, 15) is 13.2 Å². The number of rotatable bonds is 3. The van der Waals surface area contributed by atoms with Gasteiger partial charge in [-0.3, -0.25) is 0 Å². The Balaban J connectivity index is 2.13. The lowest BCUT2D eigenvalue weighted by Crippen LogP contribution is -2.04. The summed E-state index contributed by atoms with van der Waals surface area (Å²) in [5.41, 5.74) is 0.00988. The fraction of sp³-hybridized carbons (Fsp3) is 0.0833. The standard InChI is InChI=1S/C12H8ClF3N2/c13-11-2-1-3-12(18-11)17-6-7-4-9(15)10(16)5-8(7)14/h1-5H,6H2,(H,17,18). The summed E-state index contributed by atoms with van der Waals surface area (Å²) in [4.78, 5) is 3.92. The van der Waals surface area contributed by atoms with Gasteiger partial charge in [0.05, 0.1) is 0 Å². The van der Waals surface area contributed by atoms with Crippen molar-refractivity contribution in [2.75, 3.05) is 5.32 Å². The summed E-state index contributed by atoms with van der Waals surface area (Å²) in [5, 5.41) is 3.05. The highest BCUT2D eigenvalue weighted by Crippen LogP contribution is 2.16. The predicted octanol–water partition coefficient (Wildman–Crippen LogP) is 3.76. The molecule has 2 nitrogen and oxygen atoms in total. The summed E-state index contributed by atoms with van der Waals surface area (Å²) < 4.78 is 39.0. The predicted molar refractivity (Wildman–Crippen MR) is 62.9 cm³/mol. The topological polar surface area (TPSA) is 24.9 Å². The van der Waals surface area contributed by atoms with E-state index in [1.54, 1.807) is 18.2 Å². The van der Waals surface area contributed by atoms with Crippen LogP contribution < -0.4 is 5.32 Å². The van der Waals surface area contributed by atoms with E-state index < -0.39 is 17.5 Å². The Morgan fingerprint density at radius 2 is 1.78 bits per heavy atom. The van der Waals surface area contributed by atoms with Gasteiger partial charge in [0, 0.05) is 18.2 Å². The van der Waals surface area contributed by atoms with Crippen LogP contribution in [0.1, 0.15) is 5.56 Å². The average Bonchev–Trinajstić information content (AvgIpc) is 2.32. The lowest BCUT2D eigenvalue weighted by molar-refractivity contribution is 0.490. The van der Waals surface area contributed by atoms with Crippen molar-refractivity contribution in [1.29, 1.82) is 0 Å². The molecule has 6 heteroatoms. The molecular formula is C12H8ClF3N2. The summed E-state index contributed by atoms with van der Waals surface area (Å²) >= 11 is 5.67. The van der Waals surface area contributed by atoms with Crippen molar-refractivity contribution in [3.63, 3.8) is 0 Å². The molecule has 2 rings (SSSR count). The van der Waals surface area contributed by atoms with Crippen LogP contribution in [0.25, 0.3) is 0 Å². The van der Waals surface area contributed by atoms with Gasteiger partial charge < -0.3 is 5.32 Å². The van der Waals surface area contributed by atoms with E-state index in [2.05, 4.69) is 10.3 Å². The Morgan fingerprint density at radius 3 is 2.50 bits per heavy atom. The molecule has 0 saturated carbocycles. The van der Waals surface area contributed by atoms with Gasteiger partial charge >= 0.3 is 0 Å². The molecular weight excluding hydrogens is 265 g/mol. The van der Waals surface area contributed by atoms with Gasteiger partial charge in [0.15, 0.2) is 11.6 Å². The fourth-order valence-electron chi connectivity index (χ4n) is 1.39. The molecule has 0 aliphatic heterocycles. The van der Waals surface area contributed by atoms with Gasteiger partial charge in [-0.05, 0) is 18.2 Å². The third-order valence-corrected chi connectivity index (χ3v) is 2.47. The highest BCUT2D eigenvalue weighted by atomic mass is 35.5. The highest BCUT2D eigenvalue weighted by Gasteiger charge is 2.09. The van der Waals surface area contributed by atoms with Crippen molar-refractivity contribution in [2.45, 2.75) is 6.54 Å². The molecule has 2 aromatic rings. The molecule has 0 aliphatic rings. The SMILES string of the molecule is Fc1cc(F)c(CNc2cccc(Cl)n2)cc1F. The van der Waals surface area contributed by atoms with E-state index in [1.807, 2.05) is 0 Å². The lowest BCUT2D eigenvalue weighted by atomic mass is 10.2. The third-order valence-electron chi connectivity index (χ3n) is 2.26. The number of hydrogen-bond donors (Lipinski definition) is 1. The quantitative estimate of drug-likeness (QED) is 0.680. The third kappa shape index (κ3) is 2.92. The molecule has 94 valence electrons. The molecule has 0 radical (unpaired) electrons. The van der Waals surface area contributed by atoms with Crippen LogP contribution in [0.4, 0.5) is 19.0 Å². The Labute approximate surface area is 106 Å². The smallest absolute Gasteiger partial charge is 0.161 e. The maximum absolute atomic E-state index is 13.3. The Bertz CT molecular complexity index is 575. The number of benzene rings is 1. The molecule has 0 atom stereocenters. The lowest BCUT2D eigenvalue weighted by Gasteiger charge is -2.07. The minimum absolute atomic E-state index is 0.00988. The highest BCUT2D eigenvalue weighted by molar-refractivity contribution is 6.29. The van der Waals surface area contributed by atoms with Crippen molar-refractivity contribution >= 4 is 17.4 Å². The molecule has 0 saturated heterocycles. The molecule has 1 aromatic heterocycles. The molecule has 1 heterocycles. The van der Waals surface area contributed by atoms with Gasteiger partial charge in [-0.2, -0.15) is 0 Å². The second-order valence-electron chi connectivity index (χ2n) is 3.56. The second kappa shape index (κ2) is 5.27. The van der Waals surface area contributed by atoms with Crippen LogP contribution in [0.15, 0.2) is 30.3 Å². The van der Waals surface area contributed by atoms with Crippen molar-refractivity contribution in [2.24, 2.45) is 0 Å². The van der Waals surface area contributed by atoms with E-state index >= 15 is 0 Å². The van der Waals surface area contributed by atoms with Crippen LogP contribution in [0.5, 0.6) is 0 Å². The second-order valence-corrected chi connectivity index (χ2v) is 3.94. The molecule has 1 aromatic carbocycles. The molecule has 1 N–H and O–H groups in total. The summed E-state index contributed by atoms with van der Waals surface area (Å²) in [5.74, 6) is -2.69. The Hall–Kier alpha value is -1.75. The molecule has 0 spiro atoms. The summed E-state index contributed by atoms with van der Waals surface area (Å²) in [6.07, 6.45) is 0. The van der Waals surface area contributed by atoms with E-state index in [0.717, 1.165) is 6.07 Å². The normalized spacial score (nSPS) is 10.4. The number of pyridine rings is 1. The number of anilines is 1. The van der Waals surface area contributed by atoms with E-state index in [0.29, 0.717) is 11.9 Å². The number of nitrogens with zero attached hydrogens (tertiary/aromatic N) is 1. The van der Waals surface area contributed by atoms with Crippen molar-refractivity contribution < 1.29 is 13.2 Å². The van der Waals surface area contributed by atoms with Gasteiger partial charge in [0.1, 0.15) is 16.8 Å². The van der Waals surface area contributed by atoms with E-state index in [1.165, 1.54) is 0 Å². The average molecular weight is 273 g/mol. The summed E-state index contributed by atoms with van der Waals surface area (Å²) in [7, 11) is 0. The van der Waals surface area contributed by atoms with Gasteiger partial charge in [-0.1, -0.05) is 17.7 Å². The number of halogens is 4. The first-order valence-corrected chi connectivity index (χ1v) is 5.44.